The maximum absolute atomic E-state index is 12.9. The predicted molar refractivity (Wildman–Crippen MR) is 340 cm³/mol. The Labute approximate surface area is 501 Å². The standard InChI is InChI=1S/C78H60N3O.Pt/c1-77(2,3)64-44-45-72(70(52-64)56-28-14-7-15-29-56)81-73-39-23-36-66(74(73)80-76(81)69-38-22-37-68(75(69)82)67-35-21-20-34-65(67)55-26-12-6-13-27-55)59-48-58(53-24-10-5-11-25-53)49-60(50-59)71-51-57(46-47-79-71)54-40-42-63(43-41-54)78(4,61-30-16-8-17-31-61)62-32-18-9-19-33-62;/h5-49,51-52,82H,1-4H3;/q-1;. The maximum atomic E-state index is 12.9. The molecule has 4 nitrogen and oxygen atoms in total. The van der Waals surface area contributed by atoms with E-state index in [1.165, 1.54) is 22.3 Å². The van der Waals surface area contributed by atoms with Gasteiger partial charge >= 0.3 is 0 Å². The fraction of sp³-hybridized carbons (Fsp3) is 0.0769. The summed E-state index contributed by atoms with van der Waals surface area (Å²) >= 11 is 0. The number of phenols is 1. The SMILES string of the molecule is CC(C)(C)c1ccc(-n2c(-c3cccc(-c4ccccc4-c4ccccc4)c3O)nc3c(-c4[c-]c(-c5cc(-c6ccc(C(C)(c7ccccc7)c7ccccc7)cc6)ccn5)cc(-c5ccccc5)c4)cccc32)c(-c2ccccc2)c1.[Pt]. The molecule has 13 rings (SSSR count). The number of rotatable bonds is 12. The summed E-state index contributed by atoms with van der Waals surface area (Å²) in [5.41, 5.74) is 21.3. The quantitative estimate of drug-likeness (QED) is 0.0980. The number of imidazole rings is 1. The molecule has 0 radical (unpaired) electrons. The Morgan fingerprint density at radius 3 is 1.51 bits per heavy atom. The van der Waals surface area contributed by atoms with Gasteiger partial charge in [-0.15, -0.1) is 23.8 Å². The van der Waals surface area contributed by atoms with Gasteiger partial charge in [-0.3, -0.25) is 9.55 Å². The molecule has 0 amide bonds. The van der Waals surface area contributed by atoms with E-state index in [1.54, 1.807) is 0 Å². The predicted octanol–water partition coefficient (Wildman–Crippen LogP) is 19.9. The first-order valence-electron chi connectivity index (χ1n) is 28.1. The number of para-hydroxylation sites is 2. The van der Waals surface area contributed by atoms with Gasteiger partial charge in [0.2, 0.25) is 0 Å². The minimum atomic E-state index is -0.354. The fourth-order valence-corrected chi connectivity index (χ4v) is 11.8. The molecule has 1 N–H and O–H groups in total. The number of phenolic OH excluding ortho intramolecular Hbond substituents is 1. The van der Waals surface area contributed by atoms with Crippen molar-refractivity contribution < 1.29 is 26.2 Å². The third kappa shape index (κ3) is 10.4. The Morgan fingerprint density at radius 1 is 0.373 bits per heavy atom. The van der Waals surface area contributed by atoms with E-state index >= 15 is 0 Å². The molecular formula is C78H60N3OPt-. The normalized spacial score (nSPS) is 11.6. The Morgan fingerprint density at radius 2 is 0.867 bits per heavy atom. The monoisotopic (exact) mass is 1250 g/mol. The maximum Gasteiger partial charge on any atom is 0.148 e. The first-order valence-corrected chi connectivity index (χ1v) is 28.1. The van der Waals surface area contributed by atoms with Crippen molar-refractivity contribution in [2.75, 3.05) is 0 Å². The third-order valence-electron chi connectivity index (χ3n) is 16.3. The minimum Gasteiger partial charge on any atom is -0.507 e. The number of fused-ring (bicyclic) bond motifs is 1. The molecule has 0 aliphatic rings. The number of benzene rings is 11. The molecule has 2 heterocycles. The van der Waals surface area contributed by atoms with Crippen molar-refractivity contribution in [3.05, 3.63) is 314 Å². The van der Waals surface area contributed by atoms with Crippen molar-refractivity contribution in [2.24, 2.45) is 0 Å². The van der Waals surface area contributed by atoms with Crippen LogP contribution in [0.2, 0.25) is 0 Å². The molecule has 0 aliphatic heterocycles. The number of hydrogen-bond donors (Lipinski definition) is 1. The molecule has 5 heteroatoms. The molecule has 0 atom stereocenters. The Kier molecular flexibility index (Phi) is 14.9. The Balaban J connectivity index is 0.00000680. The van der Waals surface area contributed by atoms with Crippen LogP contribution in [0, 0.1) is 6.07 Å². The van der Waals surface area contributed by atoms with Crippen LogP contribution in [0.4, 0.5) is 0 Å². The smallest absolute Gasteiger partial charge is 0.148 e. The molecule has 0 unspecified atom stereocenters. The van der Waals surface area contributed by atoms with Gasteiger partial charge in [0.05, 0.1) is 22.3 Å². The second-order valence-corrected chi connectivity index (χ2v) is 22.3. The summed E-state index contributed by atoms with van der Waals surface area (Å²) in [6.45, 7) is 9.08. The van der Waals surface area contributed by atoms with Crippen molar-refractivity contribution in [3.8, 4) is 101 Å². The number of aromatic nitrogens is 3. The molecule has 0 bridgehead atoms. The Hall–Kier alpha value is -9.47. The van der Waals surface area contributed by atoms with Crippen LogP contribution < -0.4 is 0 Å². The van der Waals surface area contributed by atoms with Crippen LogP contribution in [0.25, 0.3) is 106 Å². The van der Waals surface area contributed by atoms with E-state index in [0.29, 0.717) is 11.4 Å². The Bertz CT molecular complexity index is 4380. The second kappa shape index (κ2) is 22.8. The number of aromatic hydroxyl groups is 1. The summed E-state index contributed by atoms with van der Waals surface area (Å²) in [6, 6.07) is 102. The van der Waals surface area contributed by atoms with Crippen LogP contribution >= 0.6 is 0 Å². The molecule has 0 saturated heterocycles. The van der Waals surface area contributed by atoms with Gasteiger partial charge in [-0.05, 0) is 104 Å². The average molecular weight is 1250 g/mol. The van der Waals surface area contributed by atoms with Crippen LogP contribution in [-0.2, 0) is 31.9 Å². The average Bonchev–Trinajstić information content (AvgIpc) is 4.20. The molecule has 0 fully saturated rings. The van der Waals surface area contributed by atoms with E-state index in [2.05, 4.69) is 287 Å². The van der Waals surface area contributed by atoms with Gasteiger partial charge in [0.25, 0.3) is 0 Å². The minimum absolute atomic E-state index is 0. The van der Waals surface area contributed by atoms with Crippen molar-refractivity contribution in [2.45, 2.75) is 38.5 Å². The van der Waals surface area contributed by atoms with Crippen molar-refractivity contribution in [3.63, 3.8) is 0 Å². The molecule has 83 heavy (non-hydrogen) atoms. The summed E-state index contributed by atoms with van der Waals surface area (Å²) in [5, 5.41) is 12.9. The van der Waals surface area contributed by atoms with Gasteiger partial charge in [-0.2, -0.15) is 0 Å². The van der Waals surface area contributed by atoms with E-state index in [0.717, 1.165) is 94.7 Å². The van der Waals surface area contributed by atoms with E-state index in [9.17, 15) is 5.11 Å². The summed E-state index contributed by atoms with van der Waals surface area (Å²) < 4.78 is 2.25. The third-order valence-corrected chi connectivity index (χ3v) is 16.3. The fourth-order valence-electron chi connectivity index (χ4n) is 11.8. The van der Waals surface area contributed by atoms with Gasteiger partial charge in [0.1, 0.15) is 11.6 Å². The van der Waals surface area contributed by atoms with Gasteiger partial charge in [0.15, 0.2) is 0 Å². The van der Waals surface area contributed by atoms with E-state index < -0.39 is 0 Å². The number of pyridine rings is 1. The number of nitrogens with zero attached hydrogens (tertiary/aromatic N) is 3. The van der Waals surface area contributed by atoms with Crippen LogP contribution in [-0.4, -0.2) is 19.6 Å². The zero-order valence-electron chi connectivity index (χ0n) is 46.7. The molecule has 0 spiro atoms. The zero-order chi connectivity index (χ0) is 55.8. The first kappa shape index (κ1) is 54.1. The molecule has 0 saturated carbocycles. The van der Waals surface area contributed by atoms with Gasteiger partial charge in [-0.25, -0.2) is 4.98 Å². The summed E-state index contributed by atoms with van der Waals surface area (Å²) in [5.74, 6) is 0.769. The van der Waals surface area contributed by atoms with E-state index in [-0.39, 0.29) is 37.6 Å². The van der Waals surface area contributed by atoms with Crippen molar-refractivity contribution in [1.29, 1.82) is 0 Å². The second-order valence-electron chi connectivity index (χ2n) is 22.3. The topological polar surface area (TPSA) is 50.9 Å². The largest absolute Gasteiger partial charge is 0.507 e. The van der Waals surface area contributed by atoms with Crippen LogP contribution in [0.1, 0.15) is 49.9 Å². The van der Waals surface area contributed by atoms with Crippen LogP contribution in [0.5, 0.6) is 5.75 Å². The van der Waals surface area contributed by atoms with E-state index in [1.807, 2.05) is 36.5 Å². The molecular weight excluding hydrogens is 1190 g/mol. The molecule has 2 aromatic heterocycles. The van der Waals surface area contributed by atoms with Crippen LogP contribution in [0.15, 0.2) is 285 Å². The van der Waals surface area contributed by atoms with Gasteiger partial charge < -0.3 is 5.11 Å². The first-order chi connectivity index (χ1) is 40.1. The molecule has 0 aliphatic carbocycles. The van der Waals surface area contributed by atoms with Crippen molar-refractivity contribution >= 4 is 11.0 Å². The molecule has 11 aromatic carbocycles. The van der Waals surface area contributed by atoms with Crippen molar-refractivity contribution in [1.82, 2.24) is 14.5 Å². The van der Waals surface area contributed by atoms with Gasteiger partial charge in [0, 0.05) is 49.5 Å². The summed E-state index contributed by atoms with van der Waals surface area (Å²) in [7, 11) is 0. The van der Waals surface area contributed by atoms with Gasteiger partial charge in [-0.1, -0.05) is 274 Å². The van der Waals surface area contributed by atoms with E-state index in [4.69, 9.17) is 9.97 Å². The number of hydrogen-bond acceptors (Lipinski definition) is 3. The van der Waals surface area contributed by atoms with Crippen LogP contribution in [0.3, 0.4) is 0 Å². The zero-order valence-corrected chi connectivity index (χ0v) is 49.0. The summed E-state index contributed by atoms with van der Waals surface area (Å²) in [4.78, 5) is 10.8. The summed E-state index contributed by atoms with van der Waals surface area (Å²) in [6.07, 6.45) is 1.90. The molecule has 13 aromatic rings. The molecule has 404 valence electrons.